The van der Waals surface area contributed by atoms with E-state index in [0.717, 1.165) is 0 Å². The van der Waals surface area contributed by atoms with Gasteiger partial charge in [-0.1, -0.05) is 20.3 Å². The zero-order chi connectivity index (χ0) is 11.1. The quantitative estimate of drug-likeness (QED) is 0.617. The monoisotopic (exact) mass is 202 g/mol. The lowest BCUT2D eigenvalue weighted by Gasteiger charge is -2.19. The molecule has 2 atom stereocenters. The summed E-state index contributed by atoms with van der Waals surface area (Å²) < 4.78 is 0. The van der Waals surface area contributed by atoms with Crippen LogP contribution in [0.25, 0.3) is 0 Å². The van der Waals surface area contributed by atoms with Gasteiger partial charge in [-0.25, -0.2) is 9.59 Å². The van der Waals surface area contributed by atoms with Gasteiger partial charge in [-0.3, -0.25) is 0 Å². The molecular formula is C9H18N2O3. The van der Waals surface area contributed by atoms with Crippen molar-refractivity contribution in [1.82, 2.24) is 10.6 Å². The van der Waals surface area contributed by atoms with Gasteiger partial charge in [0.15, 0.2) is 0 Å². The fourth-order valence-electron chi connectivity index (χ4n) is 1.04. The highest BCUT2D eigenvalue weighted by atomic mass is 16.4. The average molecular weight is 202 g/mol. The minimum atomic E-state index is -0.995. The lowest BCUT2D eigenvalue weighted by Crippen LogP contribution is -2.49. The van der Waals surface area contributed by atoms with Gasteiger partial charge in [0.2, 0.25) is 0 Å². The Balaban J connectivity index is 4.23. The van der Waals surface area contributed by atoms with Crippen molar-refractivity contribution in [2.24, 2.45) is 5.92 Å². The first kappa shape index (κ1) is 12.7. The van der Waals surface area contributed by atoms with Crippen LogP contribution in [-0.4, -0.2) is 29.7 Å². The standard InChI is InChI=1S/C9H18N2O3/c1-4-6(3)7(8(12)13)11-9(14)10-5-2/h6-7H,4-5H2,1-3H3,(H,12,13)(H2,10,11,14)/t6?,7-/m0/s1. The van der Waals surface area contributed by atoms with Gasteiger partial charge in [0, 0.05) is 6.54 Å². The SMILES string of the molecule is CCNC(=O)N[C@H](C(=O)O)C(C)CC. The molecule has 14 heavy (non-hydrogen) atoms. The van der Waals surface area contributed by atoms with Gasteiger partial charge < -0.3 is 15.7 Å². The second-order valence-corrected chi connectivity index (χ2v) is 3.21. The molecule has 1 unspecified atom stereocenters. The molecule has 0 radical (unpaired) electrons. The Hall–Kier alpha value is -1.26. The van der Waals surface area contributed by atoms with Crippen molar-refractivity contribution in [3.63, 3.8) is 0 Å². The minimum absolute atomic E-state index is 0.0740. The lowest BCUT2D eigenvalue weighted by atomic mass is 9.99. The Morgan fingerprint density at radius 1 is 1.36 bits per heavy atom. The van der Waals surface area contributed by atoms with Crippen LogP contribution in [0.15, 0.2) is 0 Å². The minimum Gasteiger partial charge on any atom is -0.480 e. The topological polar surface area (TPSA) is 78.4 Å². The van der Waals surface area contributed by atoms with E-state index in [0.29, 0.717) is 13.0 Å². The van der Waals surface area contributed by atoms with E-state index in [4.69, 9.17) is 5.11 Å². The maximum Gasteiger partial charge on any atom is 0.326 e. The number of hydrogen-bond acceptors (Lipinski definition) is 2. The fourth-order valence-corrected chi connectivity index (χ4v) is 1.04. The first-order valence-electron chi connectivity index (χ1n) is 4.80. The zero-order valence-electron chi connectivity index (χ0n) is 8.83. The molecule has 0 spiro atoms. The summed E-state index contributed by atoms with van der Waals surface area (Å²) in [6, 6.07) is -1.24. The Morgan fingerprint density at radius 2 is 1.93 bits per heavy atom. The number of carboxylic acid groups (broad SMARTS) is 1. The van der Waals surface area contributed by atoms with Gasteiger partial charge in [-0.2, -0.15) is 0 Å². The highest BCUT2D eigenvalue weighted by Gasteiger charge is 2.24. The van der Waals surface area contributed by atoms with Gasteiger partial charge in [-0.05, 0) is 12.8 Å². The third-order valence-corrected chi connectivity index (χ3v) is 2.10. The Morgan fingerprint density at radius 3 is 2.29 bits per heavy atom. The third-order valence-electron chi connectivity index (χ3n) is 2.10. The van der Waals surface area contributed by atoms with Crippen LogP contribution in [0.2, 0.25) is 0 Å². The number of carboxylic acids is 1. The van der Waals surface area contributed by atoms with Crippen LogP contribution in [0, 0.1) is 5.92 Å². The summed E-state index contributed by atoms with van der Waals surface area (Å²) in [5.41, 5.74) is 0. The summed E-state index contributed by atoms with van der Waals surface area (Å²) >= 11 is 0. The van der Waals surface area contributed by atoms with E-state index in [2.05, 4.69) is 10.6 Å². The number of carbonyl (C=O) groups excluding carboxylic acids is 1. The number of urea groups is 1. The molecule has 0 aromatic rings. The number of aliphatic carboxylic acids is 1. The third kappa shape index (κ3) is 4.11. The summed E-state index contributed by atoms with van der Waals surface area (Å²) in [6.45, 7) is 5.95. The largest absolute Gasteiger partial charge is 0.480 e. The fraction of sp³-hybridized carbons (Fsp3) is 0.778. The van der Waals surface area contributed by atoms with Crippen molar-refractivity contribution in [1.29, 1.82) is 0 Å². The molecule has 0 aromatic heterocycles. The first-order chi connectivity index (χ1) is 6.52. The molecule has 3 N–H and O–H groups in total. The molecule has 5 nitrogen and oxygen atoms in total. The van der Waals surface area contributed by atoms with Gasteiger partial charge in [0.25, 0.3) is 0 Å². The number of hydrogen-bond donors (Lipinski definition) is 3. The molecule has 0 rings (SSSR count). The number of nitrogens with one attached hydrogen (secondary N) is 2. The number of rotatable bonds is 5. The van der Waals surface area contributed by atoms with Gasteiger partial charge in [0.05, 0.1) is 0 Å². The predicted octanol–water partition coefficient (Wildman–Crippen LogP) is 0.805. The maximum atomic E-state index is 11.1. The van der Waals surface area contributed by atoms with Crippen LogP contribution < -0.4 is 10.6 Å². The van der Waals surface area contributed by atoms with Crippen LogP contribution in [0.3, 0.4) is 0 Å². The Kier molecular flexibility index (Phi) is 5.67. The summed E-state index contributed by atoms with van der Waals surface area (Å²) in [5.74, 6) is -1.07. The second-order valence-electron chi connectivity index (χ2n) is 3.21. The number of amides is 2. The summed E-state index contributed by atoms with van der Waals surface area (Å²) in [4.78, 5) is 21.9. The molecule has 0 aromatic carbocycles. The van der Waals surface area contributed by atoms with Crippen molar-refractivity contribution in [2.75, 3.05) is 6.54 Å². The zero-order valence-corrected chi connectivity index (χ0v) is 8.83. The maximum absolute atomic E-state index is 11.1. The molecule has 5 heteroatoms. The highest BCUT2D eigenvalue weighted by molar-refractivity contribution is 5.82. The lowest BCUT2D eigenvalue weighted by molar-refractivity contribution is -0.140. The van der Waals surface area contributed by atoms with Gasteiger partial charge in [0.1, 0.15) is 6.04 Å². The first-order valence-corrected chi connectivity index (χ1v) is 4.80. The normalized spacial score (nSPS) is 14.2. The Labute approximate surface area is 83.9 Å². The molecule has 2 amide bonds. The summed E-state index contributed by atoms with van der Waals surface area (Å²) in [5, 5.41) is 13.8. The van der Waals surface area contributed by atoms with Crippen LogP contribution in [0.1, 0.15) is 27.2 Å². The average Bonchev–Trinajstić information content (AvgIpc) is 2.13. The predicted molar refractivity (Wildman–Crippen MR) is 53.1 cm³/mol. The van der Waals surface area contributed by atoms with Crippen molar-refractivity contribution >= 4 is 12.0 Å². The second kappa shape index (κ2) is 6.23. The molecule has 82 valence electrons. The molecule has 0 saturated carbocycles. The van der Waals surface area contributed by atoms with E-state index in [1.807, 2.05) is 6.92 Å². The van der Waals surface area contributed by atoms with Crippen molar-refractivity contribution in [3.05, 3.63) is 0 Å². The van der Waals surface area contributed by atoms with Crippen LogP contribution in [-0.2, 0) is 4.79 Å². The molecule has 0 aliphatic rings. The van der Waals surface area contributed by atoms with Crippen molar-refractivity contribution < 1.29 is 14.7 Å². The van der Waals surface area contributed by atoms with E-state index in [1.165, 1.54) is 0 Å². The molecular weight excluding hydrogens is 184 g/mol. The molecule has 0 aliphatic heterocycles. The van der Waals surface area contributed by atoms with E-state index < -0.39 is 18.0 Å². The number of carbonyl (C=O) groups is 2. The molecule has 0 saturated heterocycles. The molecule has 0 heterocycles. The van der Waals surface area contributed by atoms with E-state index in [9.17, 15) is 9.59 Å². The smallest absolute Gasteiger partial charge is 0.326 e. The summed E-state index contributed by atoms with van der Waals surface area (Å²) in [7, 11) is 0. The van der Waals surface area contributed by atoms with Crippen molar-refractivity contribution in [3.8, 4) is 0 Å². The molecule has 0 bridgehead atoms. The highest BCUT2D eigenvalue weighted by Crippen LogP contribution is 2.07. The van der Waals surface area contributed by atoms with E-state index in [1.54, 1.807) is 13.8 Å². The summed E-state index contributed by atoms with van der Waals surface area (Å²) in [6.07, 6.45) is 0.712. The van der Waals surface area contributed by atoms with E-state index in [-0.39, 0.29) is 5.92 Å². The van der Waals surface area contributed by atoms with Crippen LogP contribution in [0.4, 0.5) is 4.79 Å². The molecule has 0 fully saturated rings. The molecule has 0 aliphatic carbocycles. The van der Waals surface area contributed by atoms with E-state index >= 15 is 0 Å². The van der Waals surface area contributed by atoms with Crippen LogP contribution in [0.5, 0.6) is 0 Å². The van der Waals surface area contributed by atoms with Crippen molar-refractivity contribution in [2.45, 2.75) is 33.2 Å². The van der Waals surface area contributed by atoms with Crippen LogP contribution >= 0.6 is 0 Å². The van der Waals surface area contributed by atoms with Gasteiger partial charge in [-0.15, -0.1) is 0 Å². The Bertz CT molecular complexity index is 206. The van der Waals surface area contributed by atoms with Gasteiger partial charge >= 0.3 is 12.0 Å².